The number of halogens is 1. The van der Waals surface area contributed by atoms with Crippen molar-refractivity contribution in [2.75, 3.05) is 13.2 Å². The van der Waals surface area contributed by atoms with Gasteiger partial charge in [0.25, 0.3) is 0 Å². The van der Waals surface area contributed by atoms with Gasteiger partial charge in [0.05, 0.1) is 18.6 Å². The van der Waals surface area contributed by atoms with E-state index in [1.165, 1.54) is 12.1 Å². The Kier molecular flexibility index (Phi) is 9.53. The lowest BCUT2D eigenvalue weighted by Crippen LogP contribution is -2.55. The zero-order valence-corrected chi connectivity index (χ0v) is 21.8. The second kappa shape index (κ2) is 13.0. The molecule has 2 aromatic carbocycles. The number of para-hydroxylation sites is 1. The maximum atomic E-state index is 13.6. The minimum Gasteiger partial charge on any atom is -0.486 e. The van der Waals surface area contributed by atoms with Gasteiger partial charge in [-0.3, -0.25) is 9.59 Å². The average molecular weight is 525 g/mol. The maximum Gasteiger partial charge on any atom is 0.247 e. The number of rotatable bonds is 12. The predicted octanol–water partition coefficient (Wildman–Crippen LogP) is 3.84. The van der Waals surface area contributed by atoms with E-state index in [-0.39, 0.29) is 37.3 Å². The third-order valence-corrected chi connectivity index (χ3v) is 7.32. The Labute approximate surface area is 223 Å². The van der Waals surface area contributed by atoms with Crippen LogP contribution in [-0.4, -0.2) is 58.3 Å². The number of ether oxygens (including phenoxy) is 1. The number of benzene rings is 2. The quantitative estimate of drug-likeness (QED) is 0.367. The summed E-state index contributed by atoms with van der Waals surface area (Å²) in [5.41, 5.74) is 1.91. The van der Waals surface area contributed by atoms with Gasteiger partial charge >= 0.3 is 0 Å². The molecule has 2 aliphatic rings. The fourth-order valence-corrected chi connectivity index (χ4v) is 5.36. The van der Waals surface area contributed by atoms with E-state index in [2.05, 4.69) is 12.2 Å². The lowest BCUT2D eigenvalue weighted by molar-refractivity contribution is -0.138. The van der Waals surface area contributed by atoms with Crippen LogP contribution in [0.4, 0.5) is 4.39 Å². The summed E-state index contributed by atoms with van der Waals surface area (Å²) in [5.74, 6) is -0.804. The molecule has 38 heavy (non-hydrogen) atoms. The SMILES string of the molecule is CCCCCCCC(=O)N(Cc1ccc(F)cc1)[C@@H]1C=C(C(=O)NCCO)[C@@H]2c3ccccc3O[C@@H]2[C@H]1O. The number of hydrogen-bond acceptors (Lipinski definition) is 5. The summed E-state index contributed by atoms with van der Waals surface area (Å²) >= 11 is 0. The van der Waals surface area contributed by atoms with Crippen LogP contribution in [0, 0.1) is 5.82 Å². The first-order chi connectivity index (χ1) is 18.4. The van der Waals surface area contributed by atoms with Crippen LogP contribution in [0.1, 0.15) is 62.5 Å². The molecule has 4 rings (SSSR count). The van der Waals surface area contributed by atoms with Crippen LogP contribution in [-0.2, 0) is 16.1 Å². The van der Waals surface area contributed by atoms with Crippen molar-refractivity contribution in [3.05, 3.63) is 77.1 Å². The molecular weight excluding hydrogens is 487 g/mol. The Hall–Kier alpha value is -3.23. The fourth-order valence-electron chi connectivity index (χ4n) is 5.36. The highest BCUT2D eigenvalue weighted by atomic mass is 19.1. The van der Waals surface area contributed by atoms with Crippen LogP contribution in [0.3, 0.4) is 0 Å². The molecule has 1 aliphatic heterocycles. The second-order valence-electron chi connectivity index (χ2n) is 9.99. The first kappa shape index (κ1) is 27.8. The van der Waals surface area contributed by atoms with Gasteiger partial charge in [0.1, 0.15) is 23.8 Å². The molecule has 1 aliphatic carbocycles. The molecule has 0 unspecified atom stereocenters. The van der Waals surface area contributed by atoms with Gasteiger partial charge in [-0.1, -0.05) is 62.9 Å². The zero-order valence-electron chi connectivity index (χ0n) is 21.8. The van der Waals surface area contributed by atoms with Gasteiger partial charge in [-0.15, -0.1) is 0 Å². The van der Waals surface area contributed by atoms with Crippen molar-refractivity contribution in [2.24, 2.45) is 0 Å². The van der Waals surface area contributed by atoms with Gasteiger partial charge < -0.3 is 25.2 Å². The van der Waals surface area contributed by atoms with Crippen molar-refractivity contribution < 1.29 is 28.9 Å². The first-order valence-corrected chi connectivity index (χ1v) is 13.5. The van der Waals surface area contributed by atoms with Gasteiger partial charge in [0.2, 0.25) is 11.8 Å². The fraction of sp³-hybridized carbons (Fsp3) is 0.467. The number of unbranched alkanes of at least 4 members (excludes halogenated alkanes) is 4. The Morgan fingerprint density at radius 1 is 1.05 bits per heavy atom. The van der Waals surface area contributed by atoms with Gasteiger partial charge in [-0.05, 0) is 36.3 Å². The van der Waals surface area contributed by atoms with Crippen molar-refractivity contribution in [1.29, 1.82) is 0 Å². The van der Waals surface area contributed by atoms with E-state index in [0.29, 0.717) is 17.7 Å². The van der Waals surface area contributed by atoms with Crippen LogP contribution < -0.4 is 10.1 Å². The minimum atomic E-state index is -1.09. The van der Waals surface area contributed by atoms with E-state index in [4.69, 9.17) is 4.74 Å². The van der Waals surface area contributed by atoms with Crippen LogP contribution >= 0.6 is 0 Å². The zero-order chi connectivity index (χ0) is 27.1. The lowest BCUT2D eigenvalue weighted by Gasteiger charge is -2.41. The van der Waals surface area contributed by atoms with Crippen LogP contribution in [0.5, 0.6) is 5.75 Å². The molecule has 8 heteroatoms. The van der Waals surface area contributed by atoms with E-state index in [1.54, 1.807) is 29.2 Å². The Balaban J connectivity index is 1.67. The van der Waals surface area contributed by atoms with E-state index < -0.39 is 24.2 Å². The van der Waals surface area contributed by atoms with Gasteiger partial charge in [0.15, 0.2) is 0 Å². The molecule has 2 aromatic rings. The molecule has 0 fully saturated rings. The number of carbonyl (C=O) groups is 2. The molecule has 0 spiro atoms. The van der Waals surface area contributed by atoms with Crippen molar-refractivity contribution in [3.63, 3.8) is 0 Å². The summed E-state index contributed by atoms with van der Waals surface area (Å²) < 4.78 is 19.7. The molecule has 0 radical (unpaired) electrons. The molecule has 4 atom stereocenters. The number of aliphatic hydroxyl groups excluding tert-OH is 2. The average Bonchev–Trinajstić information content (AvgIpc) is 3.32. The minimum absolute atomic E-state index is 0.0826. The molecular formula is C30H37FN2O5. The lowest BCUT2D eigenvalue weighted by atomic mass is 9.77. The monoisotopic (exact) mass is 524 g/mol. The van der Waals surface area contributed by atoms with Gasteiger partial charge in [-0.25, -0.2) is 4.39 Å². The molecule has 7 nitrogen and oxygen atoms in total. The molecule has 3 N–H and O–H groups in total. The molecule has 204 valence electrons. The third kappa shape index (κ3) is 6.25. The molecule has 2 amide bonds. The summed E-state index contributed by atoms with van der Waals surface area (Å²) in [7, 11) is 0. The number of amides is 2. The van der Waals surface area contributed by atoms with Gasteiger partial charge in [0, 0.05) is 30.6 Å². The largest absolute Gasteiger partial charge is 0.486 e. The summed E-state index contributed by atoms with van der Waals surface area (Å²) in [4.78, 5) is 28.4. The number of nitrogens with zero attached hydrogens (tertiary/aromatic N) is 1. The van der Waals surface area contributed by atoms with Crippen molar-refractivity contribution >= 4 is 11.8 Å². The number of fused-ring (bicyclic) bond motifs is 3. The summed E-state index contributed by atoms with van der Waals surface area (Å²) in [5, 5.41) is 23.5. The van der Waals surface area contributed by atoms with Gasteiger partial charge in [-0.2, -0.15) is 0 Å². The highest BCUT2D eigenvalue weighted by molar-refractivity contribution is 5.96. The second-order valence-corrected chi connectivity index (χ2v) is 9.99. The van der Waals surface area contributed by atoms with Crippen LogP contribution in [0.15, 0.2) is 60.2 Å². The smallest absolute Gasteiger partial charge is 0.247 e. The van der Waals surface area contributed by atoms with Crippen molar-refractivity contribution in [2.45, 2.75) is 76.2 Å². The van der Waals surface area contributed by atoms with E-state index in [1.807, 2.05) is 18.2 Å². The summed E-state index contributed by atoms with van der Waals surface area (Å²) in [6.07, 6.45) is 5.07. The van der Waals surface area contributed by atoms with Crippen molar-refractivity contribution in [3.8, 4) is 5.75 Å². The van der Waals surface area contributed by atoms with E-state index in [0.717, 1.165) is 43.2 Å². The predicted molar refractivity (Wildman–Crippen MR) is 142 cm³/mol. The summed E-state index contributed by atoms with van der Waals surface area (Å²) in [6.45, 7) is 2.16. The number of aliphatic hydroxyl groups is 2. The molecule has 0 saturated heterocycles. The molecule has 0 bridgehead atoms. The van der Waals surface area contributed by atoms with Crippen LogP contribution in [0.2, 0.25) is 0 Å². The van der Waals surface area contributed by atoms with Crippen molar-refractivity contribution in [1.82, 2.24) is 10.2 Å². The topological polar surface area (TPSA) is 99.1 Å². The third-order valence-electron chi connectivity index (χ3n) is 7.32. The normalized spacial score (nSPS) is 21.6. The molecule has 0 saturated carbocycles. The molecule has 0 aromatic heterocycles. The first-order valence-electron chi connectivity index (χ1n) is 13.5. The van der Waals surface area contributed by atoms with Crippen LogP contribution in [0.25, 0.3) is 0 Å². The number of carbonyl (C=O) groups excluding carboxylic acids is 2. The highest BCUT2D eigenvalue weighted by Gasteiger charge is 2.50. The Bertz CT molecular complexity index is 1140. The highest BCUT2D eigenvalue weighted by Crippen LogP contribution is 2.47. The number of hydrogen-bond donors (Lipinski definition) is 3. The van der Waals surface area contributed by atoms with E-state index >= 15 is 0 Å². The maximum absolute atomic E-state index is 13.6. The standard InChI is InChI=1S/C30H37FN2O5/c1-2-3-4-5-6-11-26(35)33(19-20-12-14-21(31)15-13-20)24-18-23(30(37)32-16-17-34)27-22-9-7-8-10-25(22)38-29(27)28(24)36/h7-10,12-15,18,24,27-29,34,36H,2-6,11,16-17,19H2,1H3,(H,32,37)/t24-,27+,28+,29+/m1/s1. The van der Waals surface area contributed by atoms with E-state index in [9.17, 15) is 24.2 Å². The summed E-state index contributed by atoms with van der Waals surface area (Å²) in [6, 6.07) is 12.5. The Morgan fingerprint density at radius 2 is 1.79 bits per heavy atom. The number of nitrogens with one attached hydrogen (secondary N) is 1. The molecule has 1 heterocycles. The Morgan fingerprint density at radius 3 is 2.53 bits per heavy atom.